The minimum Gasteiger partial charge on any atom is -0.478 e. The number of hydrogen-bond acceptors (Lipinski definition) is 3. The summed E-state index contributed by atoms with van der Waals surface area (Å²) >= 11 is 0. The Bertz CT molecular complexity index is 1220. The number of nitrogens with one attached hydrogen (secondary N) is 2. The highest BCUT2D eigenvalue weighted by atomic mass is 16.4. The highest BCUT2D eigenvalue weighted by Gasteiger charge is 2.68. The van der Waals surface area contributed by atoms with Gasteiger partial charge < -0.3 is 15.7 Å². The molecule has 1 heterocycles. The third kappa shape index (κ3) is 4.24. The molecule has 4 nitrogen and oxygen atoms in total. The average molecular weight is 573 g/mol. The Morgan fingerprint density at radius 3 is 2.45 bits per heavy atom. The second kappa shape index (κ2) is 10.5. The van der Waals surface area contributed by atoms with Gasteiger partial charge in [0.25, 0.3) is 0 Å². The zero-order valence-electron chi connectivity index (χ0n) is 26.8. The summed E-state index contributed by atoms with van der Waals surface area (Å²) in [6.07, 6.45) is 19.1. The van der Waals surface area contributed by atoms with Crippen molar-refractivity contribution in [2.24, 2.45) is 51.8 Å². The van der Waals surface area contributed by atoms with Crippen molar-refractivity contribution in [3.8, 4) is 0 Å². The van der Waals surface area contributed by atoms with Crippen molar-refractivity contribution >= 4 is 11.5 Å². The Morgan fingerprint density at radius 1 is 0.905 bits per heavy atom. The molecule has 7 unspecified atom stereocenters. The molecule has 4 saturated carbocycles. The number of allylic oxidation sites excluding steroid dienone is 2. The second-order valence-electron chi connectivity index (χ2n) is 16.5. The van der Waals surface area contributed by atoms with Gasteiger partial charge in [-0.25, -0.2) is 4.79 Å². The van der Waals surface area contributed by atoms with Gasteiger partial charge in [0.2, 0.25) is 0 Å². The maximum atomic E-state index is 11.4. The Kier molecular flexibility index (Phi) is 7.25. The van der Waals surface area contributed by atoms with Crippen LogP contribution in [0.2, 0.25) is 0 Å². The van der Waals surface area contributed by atoms with E-state index in [1.165, 1.54) is 108 Å². The monoisotopic (exact) mass is 572 g/mol. The molecule has 230 valence electrons. The Morgan fingerprint density at radius 2 is 1.71 bits per heavy atom. The van der Waals surface area contributed by atoms with Gasteiger partial charge in [0.15, 0.2) is 0 Å². The van der Waals surface area contributed by atoms with E-state index >= 15 is 0 Å². The number of carboxylic acids is 1. The van der Waals surface area contributed by atoms with Crippen LogP contribution in [0, 0.1) is 51.8 Å². The Labute approximate surface area is 254 Å². The van der Waals surface area contributed by atoms with Crippen molar-refractivity contribution in [1.29, 1.82) is 0 Å². The average Bonchev–Trinajstić information content (AvgIpc) is 3.41. The third-order valence-corrected chi connectivity index (χ3v) is 15.2. The number of piperidine rings is 1. The highest BCUT2D eigenvalue weighted by molar-refractivity contribution is 5.88. The van der Waals surface area contributed by atoms with Gasteiger partial charge in [-0.1, -0.05) is 52.3 Å². The number of benzene rings is 1. The van der Waals surface area contributed by atoms with E-state index in [0.717, 1.165) is 23.7 Å². The maximum Gasteiger partial charge on any atom is 0.335 e. The summed E-state index contributed by atoms with van der Waals surface area (Å²) in [5.74, 6) is 3.71. The first-order chi connectivity index (χ1) is 20.1. The lowest BCUT2D eigenvalue weighted by molar-refractivity contribution is -0.211. The molecule has 5 aliphatic carbocycles. The molecular weight excluding hydrogens is 516 g/mol. The van der Waals surface area contributed by atoms with Crippen LogP contribution >= 0.6 is 0 Å². The molecule has 7 rings (SSSR count). The predicted molar refractivity (Wildman–Crippen MR) is 171 cm³/mol. The molecule has 0 aromatic heterocycles. The zero-order valence-corrected chi connectivity index (χ0v) is 26.8. The lowest BCUT2D eigenvalue weighted by atomic mass is 9.34. The summed E-state index contributed by atoms with van der Waals surface area (Å²) in [7, 11) is 0. The van der Waals surface area contributed by atoms with E-state index in [-0.39, 0.29) is 0 Å². The minimum atomic E-state index is -0.842. The maximum absolute atomic E-state index is 11.4. The number of carboxylic acid groups (broad SMARTS) is 1. The van der Waals surface area contributed by atoms with Crippen molar-refractivity contribution in [3.05, 3.63) is 41.5 Å². The first-order valence-corrected chi connectivity index (χ1v) is 17.6. The molecule has 0 spiro atoms. The van der Waals surface area contributed by atoms with E-state index in [1.54, 1.807) is 12.1 Å². The molecule has 10 atom stereocenters. The predicted octanol–water partition coefficient (Wildman–Crippen LogP) is 8.19. The molecule has 42 heavy (non-hydrogen) atoms. The minimum absolute atomic E-state index is 0.349. The molecule has 0 radical (unpaired) electrons. The Balaban J connectivity index is 1.13. The first kappa shape index (κ1) is 29.1. The number of fused-ring (bicyclic) bond motifs is 7. The normalized spacial score (nSPS) is 46.5. The fraction of sp³-hybridized carbons (Fsp3) is 0.763. The van der Waals surface area contributed by atoms with E-state index in [2.05, 4.69) is 44.4 Å². The molecule has 1 saturated heterocycles. The van der Waals surface area contributed by atoms with Crippen LogP contribution < -0.4 is 10.6 Å². The molecule has 1 aromatic rings. The fourth-order valence-electron chi connectivity index (χ4n) is 12.7. The van der Waals surface area contributed by atoms with Crippen LogP contribution in [0.1, 0.15) is 121 Å². The first-order valence-electron chi connectivity index (χ1n) is 17.6. The second-order valence-corrected chi connectivity index (χ2v) is 16.5. The fourth-order valence-corrected chi connectivity index (χ4v) is 12.7. The SMILES string of the molecule is CC1C(c2ccc(C(=O)O)cc2)=CCC2(C)C1CCC1(C)C2CCC2[C@H]3CCC[C@]3(NCC3CCCNC3)CC[C@]21C. The lowest BCUT2D eigenvalue weighted by Gasteiger charge is -2.71. The van der Waals surface area contributed by atoms with Crippen LogP contribution in [0.5, 0.6) is 0 Å². The summed E-state index contributed by atoms with van der Waals surface area (Å²) in [4.78, 5) is 11.4. The Hall–Kier alpha value is -1.65. The van der Waals surface area contributed by atoms with Crippen LogP contribution in [0.4, 0.5) is 0 Å². The van der Waals surface area contributed by atoms with Gasteiger partial charge in [-0.2, -0.15) is 0 Å². The van der Waals surface area contributed by atoms with E-state index in [4.69, 9.17) is 0 Å². The molecule has 4 heteroatoms. The van der Waals surface area contributed by atoms with Crippen molar-refractivity contribution in [3.63, 3.8) is 0 Å². The van der Waals surface area contributed by atoms with Crippen LogP contribution in [0.25, 0.3) is 5.57 Å². The van der Waals surface area contributed by atoms with E-state index in [0.29, 0.717) is 39.2 Å². The number of aromatic carboxylic acids is 1. The van der Waals surface area contributed by atoms with Gasteiger partial charge in [0, 0.05) is 5.54 Å². The summed E-state index contributed by atoms with van der Waals surface area (Å²) in [5.41, 5.74) is 4.66. The largest absolute Gasteiger partial charge is 0.478 e. The summed E-state index contributed by atoms with van der Waals surface area (Å²) in [6, 6.07) is 7.66. The summed E-state index contributed by atoms with van der Waals surface area (Å²) < 4.78 is 0. The van der Waals surface area contributed by atoms with Gasteiger partial charge in [-0.3, -0.25) is 0 Å². The standard InChI is InChI=1S/C38H56N2O2/c1-25-29(27-9-11-28(12-10-27)34(41)42)15-18-35(2)30(25)16-19-37(4)33(35)14-13-31-32-8-5-17-38(32,21-20-36(31,37)3)40-24-26-7-6-22-39-23-26/h9-12,15,25-26,30-33,39-40H,5-8,13-14,16-24H2,1-4H3,(H,41,42)/t25?,26?,30?,31?,32-,33?,35?,36-,37?,38+/m1/s1. The number of hydrogen-bond donors (Lipinski definition) is 3. The third-order valence-electron chi connectivity index (χ3n) is 15.2. The van der Waals surface area contributed by atoms with Crippen LogP contribution in [0.15, 0.2) is 30.3 Å². The lowest BCUT2D eigenvalue weighted by Crippen LogP contribution is -2.67. The van der Waals surface area contributed by atoms with Crippen molar-refractivity contribution in [2.75, 3.05) is 19.6 Å². The molecule has 3 N–H and O–H groups in total. The summed E-state index contributed by atoms with van der Waals surface area (Å²) in [5, 5.41) is 17.3. The van der Waals surface area contributed by atoms with E-state index in [1.807, 2.05) is 12.1 Å². The molecule has 0 bridgehead atoms. The molecule has 1 aliphatic heterocycles. The van der Waals surface area contributed by atoms with Gasteiger partial charge in [-0.05, 0) is 165 Å². The van der Waals surface area contributed by atoms with Gasteiger partial charge >= 0.3 is 5.97 Å². The van der Waals surface area contributed by atoms with Crippen LogP contribution in [-0.2, 0) is 0 Å². The van der Waals surface area contributed by atoms with Crippen molar-refractivity contribution in [1.82, 2.24) is 10.6 Å². The summed E-state index contributed by atoms with van der Waals surface area (Å²) in [6.45, 7) is 14.3. The van der Waals surface area contributed by atoms with Crippen LogP contribution in [-0.4, -0.2) is 36.2 Å². The molecule has 5 fully saturated rings. The highest BCUT2D eigenvalue weighted by Crippen LogP contribution is 2.75. The van der Waals surface area contributed by atoms with Crippen molar-refractivity contribution < 1.29 is 9.90 Å². The van der Waals surface area contributed by atoms with Gasteiger partial charge in [0.05, 0.1) is 5.56 Å². The zero-order chi connectivity index (χ0) is 29.3. The molecule has 6 aliphatic rings. The van der Waals surface area contributed by atoms with Gasteiger partial charge in [-0.15, -0.1) is 0 Å². The van der Waals surface area contributed by atoms with E-state index < -0.39 is 5.97 Å². The number of carbonyl (C=O) groups is 1. The molecule has 0 amide bonds. The van der Waals surface area contributed by atoms with E-state index in [9.17, 15) is 9.90 Å². The molecule has 1 aromatic carbocycles. The smallest absolute Gasteiger partial charge is 0.335 e. The van der Waals surface area contributed by atoms with Gasteiger partial charge in [0.1, 0.15) is 0 Å². The quantitative estimate of drug-likeness (QED) is 0.333. The van der Waals surface area contributed by atoms with Crippen LogP contribution in [0.3, 0.4) is 0 Å². The number of rotatable bonds is 5. The topological polar surface area (TPSA) is 61.4 Å². The van der Waals surface area contributed by atoms with Crippen molar-refractivity contribution in [2.45, 2.75) is 110 Å². The molecular formula is C38H56N2O2.